The third-order valence-electron chi connectivity index (χ3n) is 4.51. The summed E-state index contributed by atoms with van der Waals surface area (Å²) in [6.45, 7) is 2.95. The molecule has 0 radical (unpaired) electrons. The average molecular weight is 428 g/mol. The molecule has 1 aliphatic heterocycles. The van der Waals surface area contributed by atoms with Gasteiger partial charge in [-0.25, -0.2) is 13.4 Å². The lowest BCUT2D eigenvalue weighted by molar-refractivity contribution is -0.139. The van der Waals surface area contributed by atoms with Gasteiger partial charge in [-0.15, -0.1) is 0 Å². The largest absolute Gasteiger partial charge is 0.468 e. The Labute approximate surface area is 169 Å². The number of amides is 1. The van der Waals surface area contributed by atoms with Crippen LogP contribution in [0.5, 0.6) is 0 Å². The molecule has 28 heavy (non-hydrogen) atoms. The van der Waals surface area contributed by atoms with Gasteiger partial charge in [-0.2, -0.15) is 4.31 Å². The molecule has 8 nitrogen and oxygen atoms in total. The van der Waals surface area contributed by atoms with E-state index in [0.29, 0.717) is 25.5 Å². The molecular weight excluding hydrogens is 406 g/mol. The number of furan rings is 1. The fourth-order valence-corrected chi connectivity index (χ4v) is 4.32. The average Bonchev–Trinajstić information content (AvgIpc) is 3.21. The van der Waals surface area contributed by atoms with E-state index >= 15 is 0 Å². The molecule has 1 fully saturated rings. The Kier molecular flexibility index (Phi) is 6.71. The maximum Gasteiger partial charge on any atom is 0.245 e. The second-order valence-electron chi connectivity index (χ2n) is 6.41. The highest BCUT2D eigenvalue weighted by molar-refractivity contribution is 7.89. The number of rotatable bonds is 7. The van der Waals surface area contributed by atoms with E-state index in [0.717, 1.165) is 10.7 Å². The third kappa shape index (κ3) is 4.91. The molecule has 2 aromatic rings. The fraction of sp³-hybridized carbons (Fsp3) is 0.444. The highest BCUT2D eigenvalue weighted by Gasteiger charge is 2.31. The van der Waals surface area contributed by atoms with Crippen LogP contribution in [-0.4, -0.2) is 60.9 Å². The summed E-state index contributed by atoms with van der Waals surface area (Å²) in [4.78, 5) is 18.3. The zero-order chi connectivity index (χ0) is 20.1. The summed E-state index contributed by atoms with van der Waals surface area (Å²) in [5.41, 5.74) is 0. The number of sulfonamides is 1. The standard InChI is InChI=1S/C18H22ClN3O5S/c1-2-14-11-21(7-9-27-14)18(23)13-22(12-15-4-3-8-26-15)28(24,25)16-5-6-17(19)20-10-16/h3-6,8,10,14H,2,7,9,11-13H2,1H3. The van der Waals surface area contributed by atoms with Crippen LogP contribution < -0.4 is 0 Å². The summed E-state index contributed by atoms with van der Waals surface area (Å²) in [7, 11) is -3.97. The van der Waals surface area contributed by atoms with Gasteiger partial charge in [-0.1, -0.05) is 18.5 Å². The first-order valence-electron chi connectivity index (χ1n) is 8.93. The molecule has 1 unspecified atom stereocenters. The zero-order valence-corrected chi connectivity index (χ0v) is 17.0. The zero-order valence-electron chi connectivity index (χ0n) is 15.5. The number of halogens is 1. The molecule has 0 aliphatic carbocycles. The van der Waals surface area contributed by atoms with Crippen molar-refractivity contribution in [3.8, 4) is 0 Å². The molecule has 0 bridgehead atoms. The molecule has 0 saturated carbocycles. The molecule has 1 amide bonds. The molecule has 3 heterocycles. The van der Waals surface area contributed by atoms with Crippen molar-refractivity contribution in [3.63, 3.8) is 0 Å². The number of carbonyl (C=O) groups is 1. The molecule has 1 atom stereocenters. The molecule has 1 aliphatic rings. The van der Waals surface area contributed by atoms with Gasteiger partial charge in [0.2, 0.25) is 15.9 Å². The maximum absolute atomic E-state index is 13.1. The Morgan fingerprint density at radius 2 is 2.21 bits per heavy atom. The van der Waals surface area contributed by atoms with Crippen LogP contribution in [0.25, 0.3) is 0 Å². The quantitative estimate of drug-likeness (QED) is 0.628. The van der Waals surface area contributed by atoms with Crippen molar-refractivity contribution in [2.75, 3.05) is 26.2 Å². The molecule has 0 spiro atoms. The summed E-state index contributed by atoms with van der Waals surface area (Å²) in [6, 6.07) is 6.09. The van der Waals surface area contributed by atoms with Crippen LogP contribution in [0.4, 0.5) is 0 Å². The van der Waals surface area contributed by atoms with E-state index in [-0.39, 0.29) is 35.1 Å². The molecule has 152 valence electrons. The highest BCUT2D eigenvalue weighted by Crippen LogP contribution is 2.20. The first kappa shape index (κ1) is 20.8. The first-order chi connectivity index (χ1) is 13.4. The van der Waals surface area contributed by atoms with Gasteiger partial charge in [0.25, 0.3) is 0 Å². The molecule has 2 aromatic heterocycles. The lowest BCUT2D eigenvalue weighted by atomic mass is 10.2. The van der Waals surface area contributed by atoms with E-state index in [1.165, 1.54) is 24.6 Å². The Balaban J connectivity index is 1.82. The van der Waals surface area contributed by atoms with Gasteiger partial charge in [-0.3, -0.25) is 4.79 Å². The monoisotopic (exact) mass is 427 g/mol. The number of nitrogens with zero attached hydrogens (tertiary/aromatic N) is 3. The van der Waals surface area contributed by atoms with Gasteiger partial charge in [0.05, 0.1) is 32.1 Å². The van der Waals surface area contributed by atoms with Gasteiger partial charge >= 0.3 is 0 Å². The second kappa shape index (κ2) is 9.04. The minimum Gasteiger partial charge on any atom is -0.468 e. The summed E-state index contributed by atoms with van der Waals surface area (Å²) < 4.78 is 38.2. The molecule has 10 heteroatoms. The number of carbonyl (C=O) groups excluding carboxylic acids is 1. The topological polar surface area (TPSA) is 93.0 Å². The van der Waals surface area contributed by atoms with Crippen LogP contribution in [0.1, 0.15) is 19.1 Å². The number of pyridine rings is 1. The van der Waals surface area contributed by atoms with Gasteiger partial charge in [0.1, 0.15) is 15.8 Å². The van der Waals surface area contributed by atoms with E-state index < -0.39 is 10.0 Å². The van der Waals surface area contributed by atoms with Crippen LogP contribution in [-0.2, 0) is 26.1 Å². The number of hydrogen-bond acceptors (Lipinski definition) is 6. The Morgan fingerprint density at radius 1 is 1.39 bits per heavy atom. The number of aromatic nitrogens is 1. The molecular formula is C18H22ClN3O5S. The van der Waals surface area contributed by atoms with Gasteiger partial charge in [-0.05, 0) is 30.7 Å². The summed E-state index contributed by atoms with van der Waals surface area (Å²) in [5.74, 6) is 0.158. The minimum atomic E-state index is -3.97. The highest BCUT2D eigenvalue weighted by atomic mass is 35.5. The van der Waals surface area contributed by atoms with E-state index in [2.05, 4.69) is 4.98 Å². The number of ether oxygens (including phenoxy) is 1. The van der Waals surface area contributed by atoms with Crippen molar-refractivity contribution in [2.24, 2.45) is 0 Å². The summed E-state index contributed by atoms with van der Waals surface area (Å²) in [5, 5.41) is 0.187. The van der Waals surface area contributed by atoms with Crippen LogP contribution in [0.2, 0.25) is 5.15 Å². The Hall–Kier alpha value is -1.94. The van der Waals surface area contributed by atoms with Crippen molar-refractivity contribution < 1.29 is 22.4 Å². The van der Waals surface area contributed by atoms with Crippen LogP contribution in [0.3, 0.4) is 0 Å². The predicted molar refractivity (Wildman–Crippen MR) is 102 cm³/mol. The van der Waals surface area contributed by atoms with Crippen molar-refractivity contribution >= 4 is 27.5 Å². The van der Waals surface area contributed by atoms with E-state index in [9.17, 15) is 13.2 Å². The number of morpholine rings is 1. The van der Waals surface area contributed by atoms with E-state index in [1.807, 2.05) is 6.92 Å². The lowest BCUT2D eigenvalue weighted by Crippen LogP contribution is -2.49. The molecule has 3 rings (SSSR count). The Bertz CT molecular complexity index is 886. The van der Waals surface area contributed by atoms with Crippen molar-refractivity contribution in [2.45, 2.75) is 30.9 Å². The van der Waals surface area contributed by atoms with Crippen LogP contribution >= 0.6 is 11.6 Å². The van der Waals surface area contributed by atoms with Gasteiger partial charge in [0.15, 0.2) is 0 Å². The lowest BCUT2D eigenvalue weighted by Gasteiger charge is -2.33. The number of hydrogen-bond donors (Lipinski definition) is 0. The van der Waals surface area contributed by atoms with Crippen LogP contribution in [0.15, 0.2) is 46.0 Å². The Morgan fingerprint density at radius 3 is 2.86 bits per heavy atom. The fourth-order valence-electron chi connectivity index (χ4n) is 2.91. The SMILES string of the molecule is CCC1CN(C(=O)CN(Cc2ccco2)S(=O)(=O)c2ccc(Cl)nc2)CCO1. The second-order valence-corrected chi connectivity index (χ2v) is 8.74. The van der Waals surface area contributed by atoms with Gasteiger partial charge in [0, 0.05) is 19.3 Å². The predicted octanol–water partition coefficient (Wildman–Crippen LogP) is 2.16. The smallest absolute Gasteiger partial charge is 0.245 e. The summed E-state index contributed by atoms with van der Waals surface area (Å²) in [6.07, 6.45) is 3.39. The first-order valence-corrected chi connectivity index (χ1v) is 10.8. The van der Waals surface area contributed by atoms with Crippen LogP contribution in [0, 0.1) is 0 Å². The molecule has 0 aromatic carbocycles. The van der Waals surface area contributed by atoms with Crippen molar-refractivity contribution in [1.29, 1.82) is 0 Å². The molecule has 0 N–H and O–H groups in total. The van der Waals surface area contributed by atoms with E-state index in [1.54, 1.807) is 17.0 Å². The van der Waals surface area contributed by atoms with E-state index in [4.69, 9.17) is 20.8 Å². The van der Waals surface area contributed by atoms with Gasteiger partial charge < -0.3 is 14.1 Å². The minimum absolute atomic E-state index is 0.0340. The normalized spacial score (nSPS) is 17.8. The molecule has 1 saturated heterocycles. The van der Waals surface area contributed by atoms with Crippen molar-refractivity contribution in [1.82, 2.24) is 14.2 Å². The van der Waals surface area contributed by atoms with Crippen molar-refractivity contribution in [3.05, 3.63) is 47.6 Å². The maximum atomic E-state index is 13.1. The third-order valence-corrected chi connectivity index (χ3v) is 6.51. The summed E-state index contributed by atoms with van der Waals surface area (Å²) >= 11 is 5.76.